The third-order valence-electron chi connectivity index (χ3n) is 2.59. The fourth-order valence-corrected chi connectivity index (χ4v) is 1.68. The maximum atomic E-state index is 11.5. The van der Waals surface area contributed by atoms with Gasteiger partial charge in [-0.25, -0.2) is 0 Å². The first-order valence-electron chi connectivity index (χ1n) is 6.04. The second kappa shape index (κ2) is 6.08. The molecule has 2 rings (SSSR count). The standard InChI is InChI=1S/C13H15NO5/c15-12(4-5-13(16)17)14-9-2-3-10-11(8-9)19-7-1-6-18-10/h2-3,8H,1,4-7H2,(H,14,15)(H,16,17)/p-1. The van der Waals surface area contributed by atoms with Crippen LogP contribution in [0.15, 0.2) is 18.2 Å². The summed E-state index contributed by atoms with van der Waals surface area (Å²) in [6, 6.07) is 5.07. The summed E-state index contributed by atoms with van der Waals surface area (Å²) in [5, 5.41) is 12.9. The number of carboxylic acids is 1. The van der Waals surface area contributed by atoms with Gasteiger partial charge in [0, 0.05) is 30.6 Å². The van der Waals surface area contributed by atoms with Gasteiger partial charge in [-0.1, -0.05) is 0 Å². The molecule has 1 amide bonds. The molecule has 1 aromatic rings. The molecule has 0 aliphatic carbocycles. The second-order valence-electron chi connectivity index (χ2n) is 4.13. The lowest BCUT2D eigenvalue weighted by Crippen LogP contribution is -2.24. The third kappa shape index (κ3) is 3.87. The number of fused-ring (bicyclic) bond motifs is 1. The summed E-state index contributed by atoms with van der Waals surface area (Å²) in [6.07, 6.45) is 0.398. The van der Waals surface area contributed by atoms with Crippen LogP contribution >= 0.6 is 0 Å². The Morgan fingerprint density at radius 2 is 1.89 bits per heavy atom. The molecule has 0 aromatic heterocycles. The number of ether oxygens (including phenoxy) is 2. The summed E-state index contributed by atoms with van der Waals surface area (Å²) < 4.78 is 11.0. The smallest absolute Gasteiger partial charge is 0.224 e. The third-order valence-corrected chi connectivity index (χ3v) is 2.59. The van der Waals surface area contributed by atoms with Crippen molar-refractivity contribution in [2.75, 3.05) is 18.5 Å². The monoisotopic (exact) mass is 264 g/mol. The number of nitrogens with one attached hydrogen (secondary N) is 1. The Balaban J connectivity index is 1.99. The number of amides is 1. The average Bonchev–Trinajstić information content (AvgIpc) is 2.61. The van der Waals surface area contributed by atoms with Gasteiger partial charge in [0.2, 0.25) is 5.91 Å². The molecule has 0 fully saturated rings. The summed E-state index contributed by atoms with van der Waals surface area (Å²) >= 11 is 0. The Labute approximate surface area is 110 Å². The van der Waals surface area contributed by atoms with Gasteiger partial charge in [0.25, 0.3) is 0 Å². The molecule has 0 saturated carbocycles. The van der Waals surface area contributed by atoms with E-state index in [0.717, 1.165) is 6.42 Å². The van der Waals surface area contributed by atoms with Crippen LogP contribution in [-0.4, -0.2) is 25.1 Å². The first kappa shape index (κ1) is 13.2. The topological polar surface area (TPSA) is 87.7 Å². The number of aliphatic carboxylic acids is 1. The molecule has 6 nitrogen and oxygen atoms in total. The van der Waals surface area contributed by atoms with Crippen LogP contribution in [0.4, 0.5) is 5.69 Å². The lowest BCUT2D eigenvalue weighted by atomic mass is 10.2. The van der Waals surface area contributed by atoms with Crippen molar-refractivity contribution in [1.29, 1.82) is 0 Å². The van der Waals surface area contributed by atoms with Crippen molar-refractivity contribution in [3.05, 3.63) is 18.2 Å². The molecule has 0 unspecified atom stereocenters. The van der Waals surface area contributed by atoms with E-state index in [4.69, 9.17) is 9.47 Å². The highest BCUT2D eigenvalue weighted by Crippen LogP contribution is 2.32. The summed E-state index contributed by atoms with van der Waals surface area (Å²) in [5.74, 6) is -0.395. The SMILES string of the molecule is O=C([O-])CCC(=O)Nc1ccc2c(c1)OCCCO2. The highest BCUT2D eigenvalue weighted by Gasteiger charge is 2.11. The number of carbonyl (C=O) groups is 2. The van der Waals surface area contributed by atoms with Gasteiger partial charge in [0.1, 0.15) is 0 Å². The van der Waals surface area contributed by atoms with Crippen molar-refractivity contribution in [1.82, 2.24) is 0 Å². The predicted molar refractivity (Wildman–Crippen MR) is 64.9 cm³/mol. The maximum absolute atomic E-state index is 11.5. The normalized spacial score (nSPS) is 13.5. The van der Waals surface area contributed by atoms with E-state index in [0.29, 0.717) is 30.4 Å². The zero-order valence-electron chi connectivity index (χ0n) is 10.3. The summed E-state index contributed by atoms with van der Waals surface area (Å²) in [4.78, 5) is 21.7. The molecule has 0 spiro atoms. The van der Waals surface area contributed by atoms with Crippen LogP contribution in [-0.2, 0) is 9.59 Å². The first-order chi connectivity index (χ1) is 9.15. The first-order valence-corrected chi connectivity index (χ1v) is 6.04. The molecular weight excluding hydrogens is 250 g/mol. The Morgan fingerprint density at radius 3 is 2.63 bits per heavy atom. The Kier molecular flexibility index (Phi) is 4.22. The fourth-order valence-electron chi connectivity index (χ4n) is 1.68. The van der Waals surface area contributed by atoms with Crippen LogP contribution < -0.4 is 19.9 Å². The molecule has 0 bridgehead atoms. The highest BCUT2D eigenvalue weighted by atomic mass is 16.5. The van der Waals surface area contributed by atoms with Crippen LogP contribution in [0.5, 0.6) is 11.5 Å². The van der Waals surface area contributed by atoms with Crippen molar-refractivity contribution in [2.24, 2.45) is 0 Å². The molecule has 0 radical (unpaired) electrons. The Bertz CT molecular complexity index is 486. The van der Waals surface area contributed by atoms with Gasteiger partial charge in [0.05, 0.1) is 13.2 Å². The van der Waals surface area contributed by atoms with Crippen molar-refractivity contribution in [3.8, 4) is 11.5 Å². The lowest BCUT2D eigenvalue weighted by Gasteiger charge is -2.10. The summed E-state index contributed by atoms with van der Waals surface area (Å²) in [7, 11) is 0. The quantitative estimate of drug-likeness (QED) is 0.846. The molecule has 1 aromatic carbocycles. The van der Waals surface area contributed by atoms with E-state index in [1.807, 2.05) is 0 Å². The minimum atomic E-state index is -1.24. The molecule has 1 N–H and O–H groups in total. The molecule has 0 saturated heterocycles. The van der Waals surface area contributed by atoms with Crippen molar-refractivity contribution >= 4 is 17.6 Å². The van der Waals surface area contributed by atoms with Crippen molar-refractivity contribution in [2.45, 2.75) is 19.3 Å². The van der Waals surface area contributed by atoms with E-state index in [9.17, 15) is 14.7 Å². The number of hydrogen-bond donors (Lipinski definition) is 1. The van der Waals surface area contributed by atoms with Crippen molar-refractivity contribution < 1.29 is 24.2 Å². The summed E-state index contributed by atoms with van der Waals surface area (Å²) in [6.45, 7) is 1.17. The number of rotatable bonds is 4. The van der Waals surface area contributed by atoms with Gasteiger partial charge < -0.3 is 24.7 Å². The highest BCUT2D eigenvalue weighted by molar-refractivity contribution is 5.92. The molecule has 1 aliphatic heterocycles. The molecule has 102 valence electrons. The average molecular weight is 264 g/mol. The molecular formula is C13H14NO5-. The van der Waals surface area contributed by atoms with E-state index < -0.39 is 5.97 Å². The zero-order valence-corrected chi connectivity index (χ0v) is 10.3. The van der Waals surface area contributed by atoms with Crippen LogP contribution in [0.3, 0.4) is 0 Å². The van der Waals surface area contributed by atoms with Gasteiger partial charge >= 0.3 is 0 Å². The van der Waals surface area contributed by atoms with Gasteiger partial charge in [-0.15, -0.1) is 0 Å². The molecule has 0 atom stereocenters. The second-order valence-corrected chi connectivity index (χ2v) is 4.13. The number of carboxylic acid groups (broad SMARTS) is 1. The number of carbonyl (C=O) groups excluding carboxylic acids is 2. The minimum Gasteiger partial charge on any atom is -0.550 e. The van der Waals surface area contributed by atoms with Crippen molar-refractivity contribution in [3.63, 3.8) is 0 Å². The number of hydrogen-bond acceptors (Lipinski definition) is 5. The Morgan fingerprint density at radius 1 is 1.16 bits per heavy atom. The van der Waals surface area contributed by atoms with E-state index in [-0.39, 0.29) is 18.7 Å². The van der Waals surface area contributed by atoms with Gasteiger partial charge in [-0.2, -0.15) is 0 Å². The summed E-state index contributed by atoms with van der Waals surface area (Å²) in [5.41, 5.74) is 0.549. The fraction of sp³-hybridized carbons (Fsp3) is 0.385. The molecule has 1 aliphatic rings. The Hall–Kier alpha value is -2.24. The maximum Gasteiger partial charge on any atom is 0.224 e. The molecule has 19 heavy (non-hydrogen) atoms. The van der Waals surface area contributed by atoms with Crippen LogP contribution in [0.25, 0.3) is 0 Å². The number of benzene rings is 1. The molecule has 1 heterocycles. The molecule has 6 heteroatoms. The lowest BCUT2D eigenvalue weighted by molar-refractivity contribution is -0.305. The largest absolute Gasteiger partial charge is 0.550 e. The van der Waals surface area contributed by atoms with Gasteiger partial charge in [-0.05, 0) is 18.6 Å². The zero-order chi connectivity index (χ0) is 13.7. The van der Waals surface area contributed by atoms with E-state index in [2.05, 4.69) is 5.32 Å². The predicted octanol–water partition coefficient (Wildman–Crippen LogP) is 0.316. The van der Waals surface area contributed by atoms with Crippen LogP contribution in [0, 0.1) is 0 Å². The minimum absolute atomic E-state index is 0.114. The van der Waals surface area contributed by atoms with Crippen LogP contribution in [0.1, 0.15) is 19.3 Å². The van der Waals surface area contributed by atoms with E-state index in [1.165, 1.54) is 0 Å². The van der Waals surface area contributed by atoms with E-state index >= 15 is 0 Å². The van der Waals surface area contributed by atoms with Gasteiger partial charge in [-0.3, -0.25) is 4.79 Å². The van der Waals surface area contributed by atoms with Gasteiger partial charge in [0.15, 0.2) is 11.5 Å². The van der Waals surface area contributed by atoms with E-state index in [1.54, 1.807) is 18.2 Å². The van der Waals surface area contributed by atoms with Crippen LogP contribution in [0.2, 0.25) is 0 Å². The number of anilines is 1.